The molecule has 0 unspecified atom stereocenters. The highest BCUT2D eigenvalue weighted by Gasteiger charge is 2.23. The normalized spacial score (nSPS) is 14.2. The Morgan fingerprint density at radius 1 is 1.12 bits per heavy atom. The van der Waals surface area contributed by atoms with E-state index in [1.54, 1.807) is 29.6 Å². The number of hydrogen-bond acceptors (Lipinski definition) is 5. The number of thiazole rings is 1. The maximum atomic E-state index is 12.1. The molecule has 136 valence electrons. The molecule has 2 N–H and O–H groups in total. The Labute approximate surface area is 156 Å². The van der Waals surface area contributed by atoms with E-state index in [4.69, 9.17) is 0 Å². The summed E-state index contributed by atoms with van der Waals surface area (Å²) < 4.78 is 0. The summed E-state index contributed by atoms with van der Waals surface area (Å²) in [6.07, 6.45) is 4.22. The van der Waals surface area contributed by atoms with Crippen LogP contribution in [0.2, 0.25) is 0 Å². The van der Waals surface area contributed by atoms with Crippen molar-refractivity contribution in [3.63, 3.8) is 0 Å². The van der Waals surface area contributed by atoms with Gasteiger partial charge in [-0.25, -0.2) is 4.98 Å². The van der Waals surface area contributed by atoms with Crippen LogP contribution in [0.25, 0.3) is 0 Å². The zero-order chi connectivity index (χ0) is 18.5. The van der Waals surface area contributed by atoms with Crippen molar-refractivity contribution in [2.75, 3.05) is 10.6 Å². The van der Waals surface area contributed by atoms with Crippen LogP contribution in [0.3, 0.4) is 0 Å². The number of carbonyl (C=O) groups excluding carboxylic acids is 3. The molecule has 1 heterocycles. The van der Waals surface area contributed by atoms with E-state index in [-0.39, 0.29) is 29.9 Å². The highest BCUT2D eigenvalue weighted by molar-refractivity contribution is 7.13. The summed E-state index contributed by atoms with van der Waals surface area (Å²) in [5, 5.41) is 7.95. The number of nitrogens with one attached hydrogen (secondary N) is 2. The Balaban J connectivity index is 1.52. The van der Waals surface area contributed by atoms with Crippen molar-refractivity contribution in [1.29, 1.82) is 0 Å². The number of amides is 2. The molecule has 7 heteroatoms. The lowest BCUT2D eigenvalue weighted by atomic mass is 10.1. The second kappa shape index (κ2) is 8.23. The predicted octanol–water partition coefficient (Wildman–Crippen LogP) is 3.66. The maximum absolute atomic E-state index is 12.1. The Kier molecular flexibility index (Phi) is 5.78. The fourth-order valence-electron chi connectivity index (χ4n) is 3.00. The number of rotatable bonds is 6. The molecular weight excluding hydrogens is 350 g/mol. The second-order valence-electron chi connectivity index (χ2n) is 6.47. The van der Waals surface area contributed by atoms with E-state index in [2.05, 4.69) is 15.6 Å². The van der Waals surface area contributed by atoms with Gasteiger partial charge < -0.3 is 10.6 Å². The highest BCUT2D eigenvalue weighted by Crippen LogP contribution is 2.26. The molecule has 0 spiro atoms. The van der Waals surface area contributed by atoms with E-state index in [0.717, 1.165) is 25.7 Å². The zero-order valence-corrected chi connectivity index (χ0v) is 15.4. The van der Waals surface area contributed by atoms with Crippen LogP contribution in [0.1, 0.15) is 48.7 Å². The van der Waals surface area contributed by atoms with Gasteiger partial charge in [-0.2, -0.15) is 0 Å². The summed E-state index contributed by atoms with van der Waals surface area (Å²) in [5.41, 5.74) is 1.85. The van der Waals surface area contributed by atoms with E-state index in [1.165, 1.54) is 18.3 Å². The summed E-state index contributed by atoms with van der Waals surface area (Å²) in [6.45, 7) is 1.50. The molecule has 2 aromatic rings. The van der Waals surface area contributed by atoms with E-state index >= 15 is 0 Å². The molecule has 0 saturated heterocycles. The fraction of sp³-hybridized carbons (Fsp3) is 0.368. The van der Waals surface area contributed by atoms with Crippen molar-refractivity contribution >= 4 is 39.8 Å². The SMILES string of the molecule is CC(=O)c1ccc(NC(=O)Cc2csc(NC(=O)C3CCCC3)n2)cc1. The van der Waals surface area contributed by atoms with Gasteiger partial charge in [0.05, 0.1) is 12.1 Å². The van der Waals surface area contributed by atoms with Crippen molar-refractivity contribution in [3.8, 4) is 0 Å². The molecule has 6 nitrogen and oxygen atoms in total. The molecular formula is C19H21N3O3S. The molecule has 1 fully saturated rings. The fourth-order valence-corrected chi connectivity index (χ4v) is 3.71. The third-order valence-corrected chi connectivity index (χ3v) is 5.23. The van der Waals surface area contributed by atoms with Crippen molar-refractivity contribution < 1.29 is 14.4 Å². The minimum Gasteiger partial charge on any atom is -0.326 e. The third-order valence-electron chi connectivity index (χ3n) is 4.42. The molecule has 3 rings (SSSR count). The predicted molar refractivity (Wildman–Crippen MR) is 101 cm³/mol. The van der Waals surface area contributed by atoms with E-state index in [1.807, 2.05) is 0 Å². The van der Waals surface area contributed by atoms with Crippen LogP contribution in [-0.2, 0) is 16.0 Å². The Hall–Kier alpha value is -2.54. The monoisotopic (exact) mass is 371 g/mol. The van der Waals surface area contributed by atoms with Gasteiger partial charge >= 0.3 is 0 Å². The van der Waals surface area contributed by atoms with Crippen LogP contribution in [0.5, 0.6) is 0 Å². The van der Waals surface area contributed by atoms with Crippen LogP contribution in [-0.4, -0.2) is 22.6 Å². The third kappa shape index (κ3) is 4.76. The number of carbonyl (C=O) groups is 3. The van der Waals surface area contributed by atoms with Gasteiger partial charge in [0.15, 0.2) is 10.9 Å². The lowest BCUT2D eigenvalue weighted by Crippen LogP contribution is -2.20. The van der Waals surface area contributed by atoms with Gasteiger partial charge in [-0.15, -0.1) is 11.3 Å². The Morgan fingerprint density at radius 2 is 1.81 bits per heavy atom. The molecule has 1 aromatic carbocycles. The number of nitrogens with zero attached hydrogens (tertiary/aromatic N) is 1. The number of ketones is 1. The number of anilines is 2. The quantitative estimate of drug-likeness (QED) is 0.759. The van der Waals surface area contributed by atoms with Gasteiger partial charge in [-0.1, -0.05) is 12.8 Å². The molecule has 26 heavy (non-hydrogen) atoms. The molecule has 0 radical (unpaired) electrons. The standard InChI is InChI=1S/C19H21N3O3S/c1-12(23)13-6-8-15(9-7-13)20-17(24)10-16-11-26-19(21-16)22-18(25)14-4-2-3-5-14/h6-9,11,14H,2-5,10H2,1H3,(H,20,24)(H,21,22,25). The molecule has 1 aromatic heterocycles. The first-order valence-electron chi connectivity index (χ1n) is 8.67. The summed E-state index contributed by atoms with van der Waals surface area (Å²) in [5.74, 6) is -0.0980. The maximum Gasteiger partial charge on any atom is 0.230 e. The molecule has 0 atom stereocenters. The summed E-state index contributed by atoms with van der Waals surface area (Å²) in [7, 11) is 0. The average molecular weight is 371 g/mol. The Bertz CT molecular complexity index is 808. The van der Waals surface area contributed by atoms with Crippen molar-refractivity contribution in [3.05, 3.63) is 40.9 Å². The molecule has 1 aliphatic carbocycles. The van der Waals surface area contributed by atoms with Crippen molar-refractivity contribution in [2.24, 2.45) is 5.92 Å². The molecule has 0 bridgehead atoms. The molecule has 1 saturated carbocycles. The Morgan fingerprint density at radius 3 is 2.46 bits per heavy atom. The van der Waals surface area contributed by atoms with Gasteiger partial charge in [0.2, 0.25) is 11.8 Å². The first-order valence-corrected chi connectivity index (χ1v) is 9.55. The highest BCUT2D eigenvalue weighted by atomic mass is 32.1. The van der Waals surface area contributed by atoms with Crippen LogP contribution in [0.4, 0.5) is 10.8 Å². The van der Waals surface area contributed by atoms with Crippen LogP contribution < -0.4 is 10.6 Å². The number of Topliss-reactive ketones (excluding diaryl/α,β-unsaturated/α-hetero) is 1. The number of aromatic nitrogens is 1. The average Bonchev–Trinajstić information content (AvgIpc) is 3.27. The van der Waals surface area contributed by atoms with Gasteiger partial charge in [-0.05, 0) is 44.0 Å². The van der Waals surface area contributed by atoms with E-state index in [9.17, 15) is 14.4 Å². The number of benzene rings is 1. The second-order valence-corrected chi connectivity index (χ2v) is 7.33. The van der Waals surface area contributed by atoms with Crippen LogP contribution in [0.15, 0.2) is 29.6 Å². The van der Waals surface area contributed by atoms with Gasteiger partial charge in [0.25, 0.3) is 0 Å². The van der Waals surface area contributed by atoms with Gasteiger partial charge in [-0.3, -0.25) is 14.4 Å². The molecule has 2 amide bonds. The van der Waals surface area contributed by atoms with Crippen molar-refractivity contribution in [1.82, 2.24) is 4.98 Å². The first-order chi connectivity index (χ1) is 12.5. The molecule has 0 aliphatic heterocycles. The minimum atomic E-state index is -0.195. The van der Waals surface area contributed by atoms with Crippen LogP contribution >= 0.6 is 11.3 Å². The zero-order valence-electron chi connectivity index (χ0n) is 14.6. The van der Waals surface area contributed by atoms with E-state index < -0.39 is 0 Å². The lowest BCUT2D eigenvalue weighted by molar-refractivity contribution is -0.119. The smallest absolute Gasteiger partial charge is 0.230 e. The van der Waals surface area contributed by atoms with Gasteiger partial charge in [0.1, 0.15) is 0 Å². The van der Waals surface area contributed by atoms with Gasteiger partial charge in [0, 0.05) is 22.5 Å². The summed E-state index contributed by atoms with van der Waals surface area (Å²) in [6, 6.07) is 6.75. The minimum absolute atomic E-state index is 0.0162. The molecule has 1 aliphatic rings. The topological polar surface area (TPSA) is 88.2 Å². The summed E-state index contributed by atoms with van der Waals surface area (Å²) in [4.78, 5) is 39.8. The van der Waals surface area contributed by atoms with Crippen LogP contribution in [0, 0.1) is 5.92 Å². The summed E-state index contributed by atoms with van der Waals surface area (Å²) >= 11 is 1.33. The van der Waals surface area contributed by atoms with E-state index in [0.29, 0.717) is 22.1 Å². The lowest BCUT2D eigenvalue weighted by Gasteiger charge is -2.07. The first kappa shape index (κ1) is 18.3. The van der Waals surface area contributed by atoms with Crippen molar-refractivity contribution in [2.45, 2.75) is 39.0 Å². The number of hydrogen-bond donors (Lipinski definition) is 2. The largest absolute Gasteiger partial charge is 0.326 e.